The second-order valence-corrected chi connectivity index (χ2v) is 9.21. The number of allylic oxidation sites excluding steroid dienone is 1. The van der Waals surface area contributed by atoms with Gasteiger partial charge in [-0.3, -0.25) is 4.79 Å². The number of hydrogen-bond acceptors (Lipinski definition) is 3. The number of aliphatic carboxylic acids is 1. The monoisotopic (exact) mass is 519 g/mol. The molecule has 202 valence electrons. The van der Waals surface area contributed by atoms with Crippen molar-refractivity contribution in [2.24, 2.45) is 5.92 Å². The number of ether oxygens (including phenoxy) is 1. The van der Waals surface area contributed by atoms with Crippen molar-refractivity contribution in [2.45, 2.75) is 79.8 Å². The van der Waals surface area contributed by atoms with E-state index in [1.807, 2.05) is 64.1 Å². The number of carboxylic acid groups (broad SMARTS) is 1. The van der Waals surface area contributed by atoms with Crippen LogP contribution in [0.15, 0.2) is 61.2 Å². The maximum atomic E-state index is 11.9. The molecule has 0 aromatic heterocycles. The first-order valence-electron chi connectivity index (χ1n) is 12.4. The van der Waals surface area contributed by atoms with Gasteiger partial charge in [0.15, 0.2) is 0 Å². The molecule has 0 spiro atoms. The normalized spacial score (nSPS) is 12.8. The maximum absolute atomic E-state index is 11.9. The predicted octanol–water partition coefficient (Wildman–Crippen LogP) is 8.75. The lowest BCUT2D eigenvalue weighted by atomic mass is 9.85. The molecule has 0 aliphatic heterocycles. The van der Waals surface area contributed by atoms with E-state index in [1.54, 1.807) is 13.1 Å². The van der Waals surface area contributed by atoms with E-state index in [0.29, 0.717) is 5.02 Å². The molecule has 0 heterocycles. The summed E-state index contributed by atoms with van der Waals surface area (Å²) in [5, 5.41) is 10.7. The van der Waals surface area contributed by atoms with E-state index in [1.165, 1.54) is 0 Å². The van der Waals surface area contributed by atoms with Crippen molar-refractivity contribution in [3.63, 3.8) is 0 Å². The fraction of sp³-hybridized carbons (Fsp3) is 0.467. The van der Waals surface area contributed by atoms with Gasteiger partial charge in [-0.1, -0.05) is 94.3 Å². The van der Waals surface area contributed by atoms with Gasteiger partial charge in [-0.05, 0) is 55.9 Å². The summed E-state index contributed by atoms with van der Waals surface area (Å²) in [6, 6.07) is 16.0. The largest absolute Gasteiger partial charge is 0.481 e. The lowest BCUT2D eigenvalue weighted by Crippen LogP contribution is -2.29. The first-order valence-corrected chi connectivity index (χ1v) is 12.8. The Labute approximate surface area is 223 Å². The minimum atomic E-state index is -0.833. The third-order valence-corrected chi connectivity index (χ3v) is 4.70. The quantitative estimate of drug-likeness (QED) is 0.396. The maximum Gasteiger partial charge on any atom is 0.407 e. The van der Waals surface area contributed by atoms with E-state index in [2.05, 4.69) is 44.8 Å². The molecule has 3 rings (SSSR count). The van der Waals surface area contributed by atoms with Crippen molar-refractivity contribution in [3.8, 4) is 0 Å². The Morgan fingerprint density at radius 3 is 1.97 bits per heavy atom. The number of carbonyl (C=O) groups excluding carboxylic acids is 1. The lowest BCUT2D eigenvalue weighted by molar-refractivity contribution is -0.134. The highest BCUT2D eigenvalue weighted by atomic mass is 35.5. The molecule has 1 fully saturated rings. The van der Waals surface area contributed by atoms with E-state index in [9.17, 15) is 4.79 Å². The minimum absolute atomic E-state index is 0.189. The molecule has 1 saturated carbocycles. The van der Waals surface area contributed by atoms with Crippen molar-refractivity contribution >= 4 is 23.7 Å². The molecule has 1 aliphatic rings. The number of nitrogens with one attached hydrogen (secondary N) is 1. The summed E-state index contributed by atoms with van der Waals surface area (Å²) in [6.45, 7) is 18.9. The number of carbonyl (C=O) groups is 2. The first kappa shape index (κ1) is 35.4. The van der Waals surface area contributed by atoms with E-state index in [0.717, 1.165) is 42.4 Å². The Balaban J connectivity index is 0. The summed E-state index contributed by atoms with van der Waals surface area (Å²) in [6.07, 6.45) is 2.97. The third kappa shape index (κ3) is 14.6. The molecule has 5 nitrogen and oxygen atoms in total. The van der Waals surface area contributed by atoms with Gasteiger partial charge in [-0.25, -0.2) is 4.79 Å². The summed E-state index contributed by atoms with van der Waals surface area (Å²) >= 11 is 6.17. The highest BCUT2D eigenvalue weighted by Gasteiger charge is 2.53. The van der Waals surface area contributed by atoms with Crippen molar-refractivity contribution in [2.75, 3.05) is 7.05 Å². The van der Waals surface area contributed by atoms with E-state index >= 15 is 0 Å². The fourth-order valence-electron chi connectivity index (χ4n) is 3.13. The lowest BCUT2D eigenvalue weighted by Gasteiger charge is -2.28. The Bertz CT molecular complexity index is 901. The van der Waals surface area contributed by atoms with Gasteiger partial charge in [0, 0.05) is 24.4 Å². The third-order valence-electron chi connectivity index (χ3n) is 4.46. The average Bonchev–Trinajstić information content (AvgIpc) is 3.60. The van der Waals surface area contributed by atoms with Crippen molar-refractivity contribution in [1.82, 2.24) is 5.32 Å². The predicted molar refractivity (Wildman–Crippen MR) is 153 cm³/mol. The Kier molecular flexibility index (Phi) is 19.1. The number of aryl methyl sites for hydroxylation is 1. The molecule has 1 unspecified atom stereocenters. The van der Waals surface area contributed by atoms with Crippen LogP contribution in [-0.4, -0.2) is 24.2 Å². The molecule has 1 aliphatic carbocycles. The molecule has 0 radical (unpaired) electrons. The zero-order valence-corrected chi connectivity index (χ0v) is 24.3. The molecule has 36 heavy (non-hydrogen) atoms. The van der Waals surface area contributed by atoms with Gasteiger partial charge < -0.3 is 15.2 Å². The van der Waals surface area contributed by atoms with Gasteiger partial charge in [0.1, 0.15) is 6.10 Å². The van der Waals surface area contributed by atoms with Gasteiger partial charge in [0.2, 0.25) is 0 Å². The second-order valence-electron chi connectivity index (χ2n) is 8.78. The van der Waals surface area contributed by atoms with Crippen molar-refractivity contribution in [3.05, 3.63) is 82.9 Å². The Morgan fingerprint density at radius 2 is 1.58 bits per heavy atom. The van der Waals surface area contributed by atoms with Crippen LogP contribution in [0.4, 0.5) is 4.79 Å². The number of halogens is 1. The molecule has 6 heteroatoms. The van der Waals surface area contributed by atoms with Gasteiger partial charge in [0.05, 0.1) is 0 Å². The average molecular weight is 520 g/mol. The number of hydrogen-bond donors (Lipinski definition) is 2. The van der Waals surface area contributed by atoms with Crippen LogP contribution in [-0.2, 0) is 14.9 Å². The summed E-state index contributed by atoms with van der Waals surface area (Å²) < 4.78 is 5.77. The van der Waals surface area contributed by atoms with Crippen LogP contribution < -0.4 is 5.32 Å². The van der Waals surface area contributed by atoms with Crippen LogP contribution in [0.25, 0.3) is 0 Å². The van der Waals surface area contributed by atoms with Crippen LogP contribution in [0.2, 0.25) is 5.02 Å². The van der Waals surface area contributed by atoms with Crippen LogP contribution >= 0.6 is 11.6 Å². The van der Waals surface area contributed by atoms with E-state index in [-0.39, 0.29) is 11.5 Å². The van der Waals surface area contributed by atoms with Crippen LogP contribution in [0.1, 0.15) is 84.1 Å². The van der Waals surface area contributed by atoms with Crippen LogP contribution in [0, 0.1) is 12.8 Å². The van der Waals surface area contributed by atoms with E-state index in [4.69, 9.17) is 26.2 Å². The topological polar surface area (TPSA) is 75.6 Å². The summed E-state index contributed by atoms with van der Waals surface area (Å²) in [7, 11) is 1.58. The van der Waals surface area contributed by atoms with Crippen molar-refractivity contribution < 1.29 is 19.4 Å². The minimum Gasteiger partial charge on any atom is -0.481 e. The standard InChI is InChI=1S/C19H20ClNO2.C4H10.C3H6.C2H4O2.C2H6/c1-13-5-3-6-14(11-13)17(23-18(22)21-2)19(9-10-19)15-7-4-8-16(20)12-15;1-4(2)3;1-3-2;1-2(3)4;1-2/h3-8,11-12,17H,9-10H2,1-2H3,(H,21,22);4H,1-3H3;3H,1H2,2H3;1H3,(H,3,4);1-2H3. The number of benzene rings is 2. The zero-order chi connectivity index (χ0) is 28.3. The van der Waals surface area contributed by atoms with Gasteiger partial charge in [-0.15, -0.1) is 6.58 Å². The molecule has 2 aromatic rings. The Morgan fingerprint density at radius 1 is 1.11 bits per heavy atom. The summed E-state index contributed by atoms with van der Waals surface area (Å²) in [4.78, 5) is 20.9. The highest BCUT2D eigenvalue weighted by molar-refractivity contribution is 6.30. The van der Waals surface area contributed by atoms with Gasteiger partial charge in [0.25, 0.3) is 5.97 Å². The van der Waals surface area contributed by atoms with Crippen LogP contribution in [0.3, 0.4) is 0 Å². The number of rotatable bonds is 4. The molecule has 0 bridgehead atoms. The van der Waals surface area contributed by atoms with Gasteiger partial charge in [-0.2, -0.15) is 0 Å². The number of alkyl carbamates (subject to hydrolysis) is 1. The molecular weight excluding hydrogens is 474 g/mol. The summed E-state index contributed by atoms with van der Waals surface area (Å²) in [5.41, 5.74) is 3.10. The highest BCUT2D eigenvalue weighted by Crippen LogP contribution is 2.58. The van der Waals surface area contributed by atoms with Crippen LogP contribution in [0.5, 0.6) is 0 Å². The first-order chi connectivity index (χ1) is 16.9. The summed E-state index contributed by atoms with van der Waals surface area (Å²) in [5.74, 6) is 0. The fourth-order valence-corrected chi connectivity index (χ4v) is 3.32. The van der Waals surface area contributed by atoms with Gasteiger partial charge >= 0.3 is 6.09 Å². The molecule has 1 amide bonds. The number of amides is 1. The van der Waals surface area contributed by atoms with Crippen molar-refractivity contribution in [1.29, 1.82) is 0 Å². The number of carboxylic acids is 1. The Hall–Kier alpha value is -2.79. The molecule has 0 saturated heterocycles. The smallest absolute Gasteiger partial charge is 0.407 e. The molecule has 2 aromatic carbocycles. The second kappa shape index (κ2) is 19.4. The molecular formula is C30H46ClNO4. The molecule has 1 atom stereocenters. The van der Waals surface area contributed by atoms with E-state index < -0.39 is 12.1 Å². The zero-order valence-electron chi connectivity index (χ0n) is 23.5. The molecule has 2 N–H and O–H groups in total. The SMILES string of the molecule is C=CC.CC.CC(=O)O.CC(C)C.CNC(=O)OC(c1cccc(C)c1)C1(c2cccc(Cl)c2)CC1.